The number of nitrogens with one attached hydrogen (secondary N) is 1. The summed E-state index contributed by atoms with van der Waals surface area (Å²) >= 11 is 0. The highest BCUT2D eigenvalue weighted by atomic mass is 16.5. The summed E-state index contributed by atoms with van der Waals surface area (Å²) < 4.78 is 4.40. The molecule has 1 fully saturated rings. The number of ether oxygens (including phenoxy) is 1. The van der Waals surface area contributed by atoms with Crippen LogP contribution in [0.3, 0.4) is 0 Å². The summed E-state index contributed by atoms with van der Waals surface area (Å²) in [7, 11) is 1.27. The van der Waals surface area contributed by atoms with Crippen molar-refractivity contribution in [3.63, 3.8) is 0 Å². The molecule has 0 spiro atoms. The van der Waals surface area contributed by atoms with Gasteiger partial charge in [-0.25, -0.2) is 4.79 Å². The molecule has 90 valence electrons. The van der Waals surface area contributed by atoms with Gasteiger partial charge in [-0.1, -0.05) is 12.2 Å². The maximum absolute atomic E-state index is 11.8. The van der Waals surface area contributed by atoms with Gasteiger partial charge < -0.3 is 15.0 Å². The van der Waals surface area contributed by atoms with Crippen molar-refractivity contribution in [2.75, 3.05) is 20.2 Å². The zero-order valence-electron chi connectivity index (χ0n) is 9.78. The van der Waals surface area contributed by atoms with Gasteiger partial charge in [-0.15, -0.1) is 0 Å². The van der Waals surface area contributed by atoms with E-state index in [-0.39, 0.29) is 18.5 Å². The van der Waals surface area contributed by atoms with Gasteiger partial charge in [0.15, 0.2) is 0 Å². The third kappa shape index (κ3) is 2.98. The Balaban J connectivity index is 2.47. The van der Waals surface area contributed by atoms with Crippen LogP contribution in [0, 0.1) is 0 Å². The molecule has 1 aliphatic heterocycles. The molecule has 1 N–H and O–H groups in total. The second-order valence-electron chi connectivity index (χ2n) is 3.94. The Labute approximate surface area is 95.4 Å². The Morgan fingerprint density at radius 2 is 2.25 bits per heavy atom. The second kappa shape index (κ2) is 5.53. The number of carbonyl (C=O) groups excluding carboxylic acids is 2. The molecule has 0 saturated carbocycles. The average Bonchev–Trinajstić information content (AvgIpc) is 2.74. The van der Waals surface area contributed by atoms with Crippen LogP contribution in [0.1, 0.15) is 19.8 Å². The SMILES string of the molecule is C=C(C)[C@@H]1CCCN1C(=O)CNC(=O)OC. The first-order valence-corrected chi connectivity index (χ1v) is 5.33. The number of rotatable bonds is 3. The van der Waals surface area contributed by atoms with Gasteiger partial charge in [0, 0.05) is 6.54 Å². The molecule has 1 atom stereocenters. The van der Waals surface area contributed by atoms with Crippen molar-refractivity contribution in [2.45, 2.75) is 25.8 Å². The van der Waals surface area contributed by atoms with E-state index in [2.05, 4.69) is 16.6 Å². The second-order valence-corrected chi connectivity index (χ2v) is 3.94. The summed E-state index contributed by atoms with van der Waals surface area (Å²) in [5.41, 5.74) is 0.990. The minimum absolute atomic E-state index is 0.0174. The van der Waals surface area contributed by atoms with Gasteiger partial charge in [0.05, 0.1) is 13.2 Å². The van der Waals surface area contributed by atoms with E-state index < -0.39 is 6.09 Å². The molecule has 0 bridgehead atoms. The fraction of sp³-hybridized carbons (Fsp3) is 0.636. The summed E-state index contributed by atoms with van der Waals surface area (Å²) in [6.07, 6.45) is 1.36. The van der Waals surface area contributed by atoms with E-state index in [9.17, 15) is 9.59 Å². The van der Waals surface area contributed by atoms with Crippen molar-refractivity contribution in [3.05, 3.63) is 12.2 Å². The van der Waals surface area contributed by atoms with Crippen LogP contribution >= 0.6 is 0 Å². The monoisotopic (exact) mass is 226 g/mol. The Hall–Kier alpha value is -1.52. The summed E-state index contributed by atoms with van der Waals surface area (Å²) in [5.74, 6) is -0.0871. The number of carbonyl (C=O) groups is 2. The summed E-state index contributed by atoms with van der Waals surface area (Å²) in [6.45, 7) is 6.51. The van der Waals surface area contributed by atoms with Crippen molar-refractivity contribution in [2.24, 2.45) is 0 Å². The zero-order valence-corrected chi connectivity index (χ0v) is 9.78. The molecule has 1 heterocycles. The maximum atomic E-state index is 11.8. The third-order valence-corrected chi connectivity index (χ3v) is 2.71. The molecule has 0 radical (unpaired) electrons. The fourth-order valence-corrected chi connectivity index (χ4v) is 1.90. The van der Waals surface area contributed by atoms with Crippen LogP contribution < -0.4 is 5.32 Å². The Morgan fingerprint density at radius 1 is 1.56 bits per heavy atom. The molecule has 0 aromatic heterocycles. The number of likely N-dealkylation sites (tertiary alicyclic amines) is 1. The van der Waals surface area contributed by atoms with Crippen LogP contribution in [-0.2, 0) is 9.53 Å². The largest absolute Gasteiger partial charge is 0.453 e. The van der Waals surface area contributed by atoms with E-state index in [1.165, 1.54) is 7.11 Å². The molecule has 0 aromatic rings. The Morgan fingerprint density at radius 3 is 2.81 bits per heavy atom. The van der Waals surface area contributed by atoms with E-state index in [1.54, 1.807) is 4.90 Å². The first-order chi connectivity index (χ1) is 7.56. The lowest BCUT2D eigenvalue weighted by atomic mass is 10.1. The smallest absolute Gasteiger partial charge is 0.407 e. The van der Waals surface area contributed by atoms with Crippen LogP contribution in [0.4, 0.5) is 4.79 Å². The molecule has 0 aromatic carbocycles. The number of hydrogen-bond donors (Lipinski definition) is 1. The first-order valence-electron chi connectivity index (χ1n) is 5.33. The maximum Gasteiger partial charge on any atom is 0.407 e. The average molecular weight is 226 g/mol. The van der Waals surface area contributed by atoms with Crippen LogP contribution in [0.5, 0.6) is 0 Å². The van der Waals surface area contributed by atoms with E-state index in [0.29, 0.717) is 0 Å². The number of amides is 2. The molecular weight excluding hydrogens is 208 g/mol. The zero-order chi connectivity index (χ0) is 12.1. The number of alkyl carbamates (subject to hydrolysis) is 1. The number of hydrogen-bond acceptors (Lipinski definition) is 3. The van der Waals surface area contributed by atoms with E-state index in [0.717, 1.165) is 25.0 Å². The van der Waals surface area contributed by atoms with Gasteiger partial charge in [-0.3, -0.25) is 4.79 Å². The minimum atomic E-state index is -0.584. The lowest BCUT2D eigenvalue weighted by Crippen LogP contribution is -2.42. The summed E-state index contributed by atoms with van der Waals surface area (Å²) in [4.78, 5) is 24.4. The molecular formula is C11H18N2O3. The van der Waals surface area contributed by atoms with Crippen LogP contribution in [-0.4, -0.2) is 43.1 Å². The van der Waals surface area contributed by atoms with Gasteiger partial charge in [-0.05, 0) is 19.8 Å². The van der Waals surface area contributed by atoms with Gasteiger partial charge in [0.2, 0.25) is 5.91 Å². The normalized spacial score (nSPS) is 19.4. The molecule has 0 aliphatic carbocycles. The predicted octanol–water partition coefficient (Wildman–Crippen LogP) is 0.909. The first kappa shape index (κ1) is 12.5. The Bertz CT molecular complexity index is 302. The lowest BCUT2D eigenvalue weighted by molar-refractivity contribution is -0.130. The number of methoxy groups -OCH3 is 1. The van der Waals surface area contributed by atoms with Crippen molar-refractivity contribution in [1.29, 1.82) is 0 Å². The molecule has 5 heteroatoms. The van der Waals surface area contributed by atoms with E-state index >= 15 is 0 Å². The molecule has 16 heavy (non-hydrogen) atoms. The third-order valence-electron chi connectivity index (χ3n) is 2.71. The van der Waals surface area contributed by atoms with E-state index in [4.69, 9.17) is 0 Å². The van der Waals surface area contributed by atoms with Gasteiger partial charge in [0.25, 0.3) is 0 Å². The van der Waals surface area contributed by atoms with Crippen molar-refractivity contribution in [3.8, 4) is 0 Å². The summed E-state index contributed by atoms with van der Waals surface area (Å²) in [6, 6.07) is 0.118. The van der Waals surface area contributed by atoms with Crippen LogP contribution in [0.15, 0.2) is 12.2 Å². The van der Waals surface area contributed by atoms with Gasteiger partial charge >= 0.3 is 6.09 Å². The lowest BCUT2D eigenvalue weighted by Gasteiger charge is -2.24. The predicted molar refractivity (Wildman–Crippen MR) is 60.0 cm³/mol. The van der Waals surface area contributed by atoms with Crippen molar-refractivity contribution >= 4 is 12.0 Å². The molecule has 1 rings (SSSR count). The minimum Gasteiger partial charge on any atom is -0.453 e. The van der Waals surface area contributed by atoms with E-state index in [1.807, 2.05) is 6.92 Å². The molecule has 1 saturated heterocycles. The Kier molecular flexibility index (Phi) is 4.34. The molecule has 2 amide bonds. The highest BCUT2D eigenvalue weighted by Gasteiger charge is 2.28. The van der Waals surface area contributed by atoms with Crippen molar-refractivity contribution < 1.29 is 14.3 Å². The molecule has 1 aliphatic rings. The standard InChI is InChI=1S/C11H18N2O3/c1-8(2)9-5-4-6-13(9)10(14)7-12-11(15)16-3/h9H,1,4-7H2,2-3H3,(H,12,15)/t9-/m0/s1. The fourth-order valence-electron chi connectivity index (χ4n) is 1.90. The number of nitrogens with zero attached hydrogens (tertiary/aromatic N) is 1. The van der Waals surface area contributed by atoms with Crippen LogP contribution in [0.2, 0.25) is 0 Å². The quantitative estimate of drug-likeness (QED) is 0.728. The van der Waals surface area contributed by atoms with Gasteiger partial charge in [0.1, 0.15) is 6.54 Å². The van der Waals surface area contributed by atoms with Crippen LogP contribution in [0.25, 0.3) is 0 Å². The van der Waals surface area contributed by atoms with Crippen molar-refractivity contribution in [1.82, 2.24) is 10.2 Å². The molecule has 0 unspecified atom stereocenters. The molecule has 5 nitrogen and oxygen atoms in total. The van der Waals surface area contributed by atoms with Gasteiger partial charge in [-0.2, -0.15) is 0 Å². The highest BCUT2D eigenvalue weighted by Crippen LogP contribution is 2.22. The summed E-state index contributed by atoms with van der Waals surface area (Å²) in [5, 5.41) is 2.39. The highest BCUT2D eigenvalue weighted by molar-refractivity contribution is 5.82. The topological polar surface area (TPSA) is 58.6 Å².